The Kier molecular flexibility index (Phi) is 5.01. The van der Waals surface area contributed by atoms with E-state index < -0.39 is 18.2 Å². The van der Waals surface area contributed by atoms with E-state index in [1.807, 2.05) is 44.2 Å². The molecular formula is C17H24O6. The summed E-state index contributed by atoms with van der Waals surface area (Å²) >= 11 is 0. The van der Waals surface area contributed by atoms with Gasteiger partial charge in [-0.2, -0.15) is 0 Å². The van der Waals surface area contributed by atoms with Crippen LogP contribution in [0.3, 0.4) is 0 Å². The smallest absolute Gasteiger partial charge is 0.190 e. The Hall–Kier alpha value is -1.02. The van der Waals surface area contributed by atoms with Gasteiger partial charge in [-0.05, 0) is 19.4 Å². The minimum Gasteiger partial charge on any atom is -0.394 e. The van der Waals surface area contributed by atoms with Gasteiger partial charge in [0.25, 0.3) is 0 Å². The molecule has 1 aromatic rings. The van der Waals surface area contributed by atoms with Crippen molar-refractivity contribution < 1.29 is 29.2 Å². The summed E-state index contributed by atoms with van der Waals surface area (Å²) in [7, 11) is 0. The molecule has 2 aliphatic heterocycles. The molecule has 0 aliphatic carbocycles. The fraction of sp³-hybridized carbons (Fsp3) is 0.647. The van der Waals surface area contributed by atoms with Crippen LogP contribution in [-0.2, 0) is 25.6 Å². The molecule has 0 bridgehead atoms. The minimum atomic E-state index is -0.852. The van der Waals surface area contributed by atoms with Crippen molar-refractivity contribution in [1.29, 1.82) is 0 Å². The van der Waals surface area contributed by atoms with Crippen LogP contribution in [0.2, 0.25) is 0 Å². The van der Waals surface area contributed by atoms with E-state index in [1.165, 1.54) is 0 Å². The van der Waals surface area contributed by atoms with Crippen LogP contribution < -0.4 is 0 Å². The van der Waals surface area contributed by atoms with Crippen LogP contribution in [0.25, 0.3) is 0 Å². The second kappa shape index (κ2) is 6.84. The van der Waals surface area contributed by atoms with Gasteiger partial charge in [-0.25, -0.2) is 0 Å². The van der Waals surface area contributed by atoms with E-state index in [2.05, 4.69) is 0 Å². The first-order valence-corrected chi connectivity index (χ1v) is 7.94. The van der Waals surface area contributed by atoms with Crippen molar-refractivity contribution in [2.24, 2.45) is 0 Å². The Balaban J connectivity index is 1.68. The van der Waals surface area contributed by atoms with Gasteiger partial charge in [0.05, 0.1) is 25.4 Å². The van der Waals surface area contributed by atoms with E-state index in [-0.39, 0.29) is 31.3 Å². The van der Waals surface area contributed by atoms with Crippen LogP contribution in [0.15, 0.2) is 30.3 Å². The standard InChI is InChI=1S/C17H24O6/c1-17(2)22-15-14(20-10-11-6-4-3-5-7-11)13(8-12(19)9-18)21-16(15)23-17/h3-7,12-16,18-19H,8-10H2,1-2H3/t12-,13-,14-,15+,16+/m0/s1. The third-order valence-electron chi connectivity index (χ3n) is 4.09. The van der Waals surface area contributed by atoms with Crippen molar-refractivity contribution in [3.05, 3.63) is 35.9 Å². The van der Waals surface area contributed by atoms with Gasteiger partial charge in [-0.15, -0.1) is 0 Å². The summed E-state index contributed by atoms with van der Waals surface area (Å²) in [5.41, 5.74) is 1.05. The molecule has 6 heteroatoms. The van der Waals surface area contributed by atoms with Crippen LogP contribution in [0.1, 0.15) is 25.8 Å². The average molecular weight is 324 g/mol. The van der Waals surface area contributed by atoms with Gasteiger partial charge >= 0.3 is 0 Å². The second-order valence-electron chi connectivity index (χ2n) is 6.48. The number of rotatable bonds is 6. The molecule has 0 amide bonds. The third-order valence-corrected chi connectivity index (χ3v) is 4.09. The zero-order valence-corrected chi connectivity index (χ0v) is 13.4. The lowest BCUT2D eigenvalue weighted by molar-refractivity contribution is -0.222. The largest absolute Gasteiger partial charge is 0.394 e. The predicted octanol–water partition coefficient (Wildman–Crippen LogP) is 1.19. The summed E-state index contributed by atoms with van der Waals surface area (Å²) in [6, 6.07) is 9.84. The Morgan fingerprint density at radius 2 is 1.96 bits per heavy atom. The van der Waals surface area contributed by atoms with Crippen molar-refractivity contribution >= 4 is 0 Å². The first-order valence-electron chi connectivity index (χ1n) is 7.94. The lowest BCUT2D eigenvalue weighted by Crippen LogP contribution is -2.38. The second-order valence-corrected chi connectivity index (χ2v) is 6.48. The maximum atomic E-state index is 9.72. The Bertz CT molecular complexity index is 505. The third kappa shape index (κ3) is 3.91. The number of ether oxygens (including phenoxy) is 4. The molecule has 2 aliphatic rings. The highest BCUT2D eigenvalue weighted by Gasteiger charge is 2.55. The summed E-state index contributed by atoms with van der Waals surface area (Å²) < 4.78 is 23.5. The van der Waals surface area contributed by atoms with Crippen molar-refractivity contribution in [2.45, 2.75) is 63.4 Å². The van der Waals surface area contributed by atoms with Crippen LogP contribution in [0.4, 0.5) is 0 Å². The topological polar surface area (TPSA) is 77.4 Å². The molecule has 1 aromatic carbocycles. The Labute approximate surface area is 135 Å². The molecule has 0 aromatic heterocycles. The van der Waals surface area contributed by atoms with Crippen LogP contribution in [0, 0.1) is 0 Å². The number of benzene rings is 1. The highest BCUT2D eigenvalue weighted by molar-refractivity contribution is 5.13. The summed E-state index contributed by atoms with van der Waals surface area (Å²) in [5, 5.41) is 18.8. The van der Waals surface area contributed by atoms with Gasteiger partial charge in [-0.3, -0.25) is 0 Å². The number of hydrogen-bond acceptors (Lipinski definition) is 6. The highest BCUT2D eigenvalue weighted by Crippen LogP contribution is 2.40. The molecule has 6 nitrogen and oxygen atoms in total. The van der Waals surface area contributed by atoms with Crippen molar-refractivity contribution in [3.63, 3.8) is 0 Å². The fourth-order valence-electron chi connectivity index (χ4n) is 3.05. The maximum Gasteiger partial charge on any atom is 0.190 e. The molecule has 2 heterocycles. The normalized spacial score (nSPS) is 33.6. The van der Waals surface area contributed by atoms with Crippen molar-refractivity contribution in [2.75, 3.05) is 6.61 Å². The molecule has 23 heavy (non-hydrogen) atoms. The highest BCUT2D eigenvalue weighted by atomic mass is 16.8. The van der Waals surface area contributed by atoms with E-state index in [0.717, 1.165) is 5.56 Å². The van der Waals surface area contributed by atoms with E-state index in [0.29, 0.717) is 6.61 Å². The number of aliphatic hydroxyl groups is 2. The number of aliphatic hydroxyl groups excluding tert-OH is 2. The quantitative estimate of drug-likeness (QED) is 0.818. The Morgan fingerprint density at radius 1 is 1.22 bits per heavy atom. The van der Waals surface area contributed by atoms with Crippen molar-refractivity contribution in [1.82, 2.24) is 0 Å². The summed E-state index contributed by atoms with van der Waals surface area (Å²) in [6.45, 7) is 3.78. The van der Waals surface area contributed by atoms with E-state index in [9.17, 15) is 5.11 Å². The first kappa shape index (κ1) is 16.8. The zero-order chi connectivity index (χ0) is 16.4. The monoisotopic (exact) mass is 324 g/mol. The van der Waals surface area contributed by atoms with Gasteiger partial charge in [0.1, 0.15) is 12.2 Å². The maximum absolute atomic E-state index is 9.72. The lowest BCUT2D eigenvalue weighted by Gasteiger charge is -2.26. The molecule has 0 spiro atoms. The minimum absolute atomic E-state index is 0.274. The van der Waals surface area contributed by atoms with Crippen LogP contribution in [0.5, 0.6) is 0 Å². The van der Waals surface area contributed by atoms with E-state index in [1.54, 1.807) is 0 Å². The summed E-state index contributed by atoms with van der Waals surface area (Å²) in [5.74, 6) is -0.718. The molecule has 128 valence electrons. The van der Waals surface area contributed by atoms with Crippen molar-refractivity contribution in [3.8, 4) is 0 Å². The molecule has 2 N–H and O–H groups in total. The van der Waals surface area contributed by atoms with Gasteiger partial charge in [0.15, 0.2) is 12.1 Å². The summed E-state index contributed by atoms with van der Waals surface area (Å²) in [6.07, 6.45) is -2.17. The van der Waals surface area contributed by atoms with E-state index in [4.69, 9.17) is 24.1 Å². The average Bonchev–Trinajstić information content (AvgIpc) is 2.97. The van der Waals surface area contributed by atoms with Crippen LogP contribution in [-0.4, -0.2) is 53.3 Å². The molecule has 0 unspecified atom stereocenters. The lowest BCUT2D eigenvalue weighted by atomic mass is 10.0. The fourth-order valence-corrected chi connectivity index (χ4v) is 3.05. The summed E-state index contributed by atoms with van der Waals surface area (Å²) in [4.78, 5) is 0. The molecule has 5 atom stereocenters. The van der Waals surface area contributed by atoms with Gasteiger partial charge < -0.3 is 29.2 Å². The SMILES string of the molecule is CC1(C)O[C@H]2O[C@@H](C[C@H](O)CO)[C@H](OCc3ccccc3)[C@H]2O1. The molecule has 2 fully saturated rings. The predicted molar refractivity (Wildman–Crippen MR) is 81.4 cm³/mol. The number of fused-ring (bicyclic) bond motifs is 1. The molecule has 0 saturated carbocycles. The Morgan fingerprint density at radius 3 is 2.65 bits per heavy atom. The molecule has 3 rings (SSSR count). The van der Waals surface area contributed by atoms with Gasteiger partial charge in [-0.1, -0.05) is 30.3 Å². The molecule has 0 radical (unpaired) electrons. The van der Waals surface area contributed by atoms with E-state index >= 15 is 0 Å². The number of hydrogen-bond donors (Lipinski definition) is 2. The zero-order valence-electron chi connectivity index (χ0n) is 13.4. The van der Waals surface area contributed by atoms with Gasteiger partial charge in [0.2, 0.25) is 0 Å². The molecular weight excluding hydrogens is 300 g/mol. The van der Waals surface area contributed by atoms with Crippen LogP contribution >= 0.6 is 0 Å². The van der Waals surface area contributed by atoms with Gasteiger partial charge in [0, 0.05) is 6.42 Å². The first-order chi connectivity index (χ1) is 11.0. The molecule has 2 saturated heterocycles.